The number of carbonyl (C=O) groups is 1. The van der Waals surface area contributed by atoms with Crippen LogP contribution in [-0.2, 0) is 20.6 Å². The Morgan fingerprint density at radius 3 is 2.08 bits per heavy atom. The third-order valence-electron chi connectivity index (χ3n) is 6.74. The molecule has 25 heavy (non-hydrogen) atoms. The second-order valence-electron chi connectivity index (χ2n) is 8.38. The Morgan fingerprint density at radius 1 is 0.920 bits per heavy atom. The lowest BCUT2D eigenvalue weighted by Crippen LogP contribution is -2.71. The van der Waals surface area contributed by atoms with Gasteiger partial charge >= 0.3 is 0 Å². The number of hydrazine groups is 1. The van der Waals surface area contributed by atoms with Crippen LogP contribution in [0.3, 0.4) is 0 Å². The number of benzene rings is 1. The van der Waals surface area contributed by atoms with Crippen molar-refractivity contribution in [2.75, 3.05) is 6.54 Å². The average molecular weight is 360 g/mol. The van der Waals surface area contributed by atoms with E-state index in [9.17, 15) is 13.2 Å². The summed E-state index contributed by atoms with van der Waals surface area (Å²) in [5, 5.41) is 1.63. The summed E-state index contributed by atoms with van der Waals surface area (Å²) >= 11 is 0. The first-order chi connectivity index (χ1) is 12.0. The Bertz CT molecular complexity index is 764. The van der Waals surface area contributed by atoms with E-state index in [1.54, 1.807) is 5.01 Å². The van der Waals surface area contributed by atoms with Crippen LogP contribution in [0.1, 0.15) is 37.7 Å². The van der Waals surface area contributed by atoms with E-state index in [4.69, 9.17) is 0 Å². The van der Waals surface area contributed by atoms with Crippen LogP contribution in [0.5, 0.6) is 0 Å². The van der Waals surface area contributed by atoms with Gasteiger partial charge in [0.25, 0.3) is 5.91 Å². The summed E-state index contributed by atoms with van der Waals surface area (Å²) < 4.78 is 27.2. The maximum absolute atomic E-state index is 12.9. The van der Waals surface area contributed by atoms with Gasteiger partial charge in [-0.2, -0.15) is 0 Å². The molecule has 1 heterocycles. The minimum Gasteiger partial charge on any atom is -0.272 e. The SMILES string of the molecule is O=C1CN(S(=O)(=O)Cc2ccccc2)N1C1C2CC3CC(C2)CC1C3. The molecule has 6 heteroatoms. The Morgan fingerprint density at radius 2 is 1.52 bits per heavy atom. The minimum absolute atomic E-state index is 0.0119. The Hall–Kier alpha value is -1.40. The normalized spacial score (nSPS) is 37.4. The molecule has 0 unspecified atom stereocenters. The van der Waals surface area contributed by atoms with Crippen LogP contribution in [0, 0.1) is 23.7 Å². The predicted octanol–water partition coefficient (Wildman–Crippen LogP) is 2.40. The van der Waals surface area contributed by atoms with Gasteiger partial charge in [0.1, 0.15) is 6.54 Å². The molecular weight excluding hydrogens is 336 g/mol. The molecule has 1 aromatic rings. The number of hydrogen-bond donors (Lipinski definition) is 0. The van der Waals surface area contributed by atoms with Crippen LogP contribution in [0.15, 0.2) is 30.3 Å². The van der Waals surface area contributed by atoms with Gasteiger partial charge in [-0.05, 0) is 61.3 Å². The second-order valence-corrected chi connectivity index (χ2v) is 10.3. The van der Waals surface area contributed by atoms with E-state index in [0.717, 1.165) is 17.4 Å². The number of carbonyl (C=O) groups excluding carboxylic acids is 1. The van der Waals surface area contributed by atoms with E-state index in [0.29, 0.717) is 11.8 Å². The fourth-order valence-corrected chi connectivity index (χ4v) is 7.55. The molecule has 4 aliphatic carbocycles. The lowest BCUT2D eigenvalue weighted by atomic mass is 9.54. The molecule has 0 radical (unpaired) electrons. The van der Waals surface area contributed by atoms with E-state index in [1.165, 1.54) is 36.5 Å². The largest absolute Gasteiger partial charge is 0.272 e. The Kier molecular flexibility index (Phi) is 3.51. The van der Waals surface area contributed by atoms with Gasteiger partial charge in [-0.25, -0.2) is 8.42 Å². The summed E-state index contributed by atoms with van der Waals surface area (Å²) in [6.45, 7) is 0.0119. The van der Waals surface area contributed by atoms with Gasteiger partial charge in [0.15, 0.2) is 0 Å². The first-order valence-corrected chi connectivity index (χ1v) is 11.0. The van der Waals surface area contributed by atoms with Gasteiger partial charge in [-0.15, -0.1) is 4.41 Å². The molecule has 0 atom stereocenters. The number of hydrogen-bond acceptors (Lipinski definition) is 3. The summed E-state index contributed by atoms with van der Waals surface area (Å²) in [4.78, 5) is 12.4. The summed E-state index contributed by atoms with van der Waals surface area (Å²) in [7, 11) is -3.50. The summed E-state index contributed by atoms with van der Waals surface area (Å²) in [5.41, 5.74) is 0.770. The van der Waals surface area contributed by atoms with Gasteiger partial charge < -0.3 is 0 Å². The van der Waals surface area contributed by atoms with Crippen molar-refractivity contribution in [3.8, 4) is 0 Å². The zero-order valence-electron chi connectivity index (χ0n) is 14.3. The molecule has 5 fully saturated rings. The van der Waals surface area contributed by atoms with Gasteiger partial charge in [-0.1, -0.05) is 30.3 Å². The monoisotopic (exact) mass is 360 g/mol. The van der Waals surface area contributed by atoms with E-state index in [2.05, 4.69) is 0 Å². The zero-order chi connectivity index (χ0) is 17.2. The van der Waals surface area contributed by atoms with Crippen molar-refractivity contribution < 1.29 is 13.2 Å². The lowest BCUT2D eigenvalue weighted by Gasteiger charge is -2.60. The van der Waals surface area contributed by atoms with Crippen molar-refractivity contribution >= 4 is 15.9 Å². The van der Waals surface area contributed by atoms with Gasteiger partial charge in [0.05, 0.1) is 11.8 Å². The molecule has 1 saturated heterocycles. The van der Waals surface area contributed by atoms with E-state index < -0.39 is 10.0 Å². The highest BCUT2D eigenvalue weighted by atomic mass is 32.2. The van der Waals surface area contributed by atoms with Crippen molar-refractivity contribution in [2.45, 2.75) is 43.9 Å². The maximum atomic E-state index is 12.9. The van der Waals surface area contributed by atoms with E-state index >= 15 is 0 Å². The molecule has 1 aliphatic heterocycles. The molecule has 0 N–H and O–H groups in total. The molecule has 5 nitrogen and oxygen atoms in total. The van der Waals surface area contributed by atoms with Crippen LogP contribution in [0.2, 0.25) is 0 Å². The van der Waals surface area contributed by atoms with Crippen molar-refractivity contribution in [3.63, 3.8) is 0 Å². The fraction of sp³-hybridized carbons (Fsp3) is 0.632. The van der Waals surface area contributed by atoms with Crippen LogP contribution in [0.4, 0.5) is 0 Å². The molecule has 5 aliphatic rings. The Labute approximate surface area is 149 Å². The van der Waals surface area contributed by atoms with Gasteiger partial charge in [0, 0.05) is 0 Å². The van der Waals surface area contributed by atoms with Crippen LogP contribution >= 0.6 is 0 Å². The minimum atomic E-state index is -3.50. The summed E-state index contributed by atoms with van der Waals surface area (Å²) in [5.74, 6) is 2.55. The fourth-order valence-electron chi connectivity index (χ4n) is 6.01. The highest BCUT2D eigenvalue weighted by Gasteiger charge is 2.56. The lowest BCUT2D eigenvalue weighted by molar-refractivity contribution is -0.189. The van der Waals surface area contributed by atoms with Crippen molar-refractivity contribution in [1.82, 2.24) is 9.42 Å². The van der Waals surface area contributed by atoms with Crippen molar-refractivity contribution in [2.24, 2.45) is 23.7 Å². The summed E-state index contributed by atoms with van der Waals surface area (Å²) in [6.07, 6.45) is 6.05. The molecular formula is C19H24N2O3S. The quantitative estimate of drug-likeness (QED) is 0.828. The van der Waals surface area contributed by atoms with E-state index in [-0.39, 0.29) is 24.2 Å². The van der Waals surface area contributed by atoms with E-state index in [1.807, 2.05) is 30.3 Å². The first-order valence-electron chi connectivity index (χ1n) is 9.37. The molecule has 1 aromatic carbocycles. The topological polar surface area (TPSA) is 57.7 Å². The standard InChI is InChI=1S/C19H24N2O3S/c22-18-11-20(25(23,24)12-13-4-2-1-3-5-13)21(18)19-16-7-14-6-15(9-16)10-17(19)8-14/h1-5,14-17,19H,6-12H2. The average Bonchev–Trinajstić information content (AvgIpc) is 2.55. The molecule has 134 valence electrons. The smallest absolute Gasteiger partial charge is 0.255 e. The molecule has 0 spiro atoms. The molecule has 6 rings (SSSR count). The van der Waals surface area contributed by atoms with Crippen molar-refractivity contribution in [3.05, 3.63) is 35.9 Å². The third kappa shape index (κ3) is 2.53. The number of amides is 1. The number of sulfonamides is 1. The second kappa shape index (κ2) is 5.55. The van der Waals surface area contributed by atoms with Gasteiger partial charge in [-0.3, -0.25) is 9.80 Å². The Balaban J connectivity index is 1.39. The molecule has 4 bridgehead atoms. The zero-order valence-corrected chi connectivity index (χ0v) is 15.1. The highest BCUT2D eigenvalue weighted by Crippen LogP contribution is 2.56. The third-order valence-corrected chi connectivity index (χ3v) is 8.38. The number of rotatable bonds is 4. The first kappa shape index (κ1) is 15.8. The number of nitrogens with zero attached hydrogens (tertiary/aromatic N) is 2. The van der Waals surface area contributed by atoms with Crippen LogP contribution in [0.25, 0.3) is 0 Å². The van der Waals surface area contributed by atoms with Gasteiger partial charge in [0.2, 0.25) is 10.0 Å². The summed E-state index contributed by atoms with van der Waals surface area (Å²) in [6, 6.07) is 9.34. The highest BCUT2D eigenvalue weighted by molar-refractivity contribution is 7.88. The molecule has 0 aromatic heterocycles. The van der Waals surface area contributed by atoms with Crippen molar-refractivity contribution in [1.29, 1.82) is 0 Å². The van der Waals surface area contributed by atoms with Crippen LogP contribution < -0.4 is 0 Å². The predicted molar refractivity (Wildman–Crippen MR) is 93.5 cm³/mol. The molecule has 1 amide bonds. The molecule has 4 saturated carbocycles. The maximum Gasteiger partial charge on any atom is 0.255 e. The van der Waals surface area contributed by atoms with Crippen LogP contribution in [-0.4, -0.2) is 36.3 Å².